The lowest BCUT2D eigenvalue weighted by molar-refractivity contribution is 0.0954. The van der Waals surface area contributed by atoms with E-state index in [0.717, 1.165) is 35.1 Å². The molecule has 0 N–H and O–H groups in total. The molecule has 7 rings (SSSR count). The Labute approximate surface area is 181 Å². The molecule has 0 aromatic heterocycles. The van der Waals surface area contributed by atoms with Gasteiger partial charge in [-0.25, -0.2) is 0 Å². The van der Waals surface area contributed by atoms with Crippen LogP contribution in [-0.2, 0) is 18.3 Å². The highest BCUT2D eigenvalue weighted by molar-refractivity contribution is 6.31. The molecule has 0 spiro atoms. The maximum absolute atomic E-state index is 14.3. The van der Waals surface area contributed by atoms with Crippen LogP contribution in [0.1, 0.15) is 49.3 Å². The Bertz CT molecular complexity index is 1440. The lowest BCUT2D eigenvalue weighted by atomic mass is 9.70. The lowest BCUT2D eigenvalue weighted by Gasteiger charge is -2.28. The number of benzene rings is 4. The smallest absolute Gasteiger partial charge is 0.182 e. The number of fused-ring (bicyclic) bond motifs is 6. The number of Topliss-reactive ketones (excluding diaryl/α,β-unsaturated/α-hetero) is 1. The van der Waals surface area contributed by atoms with Crippen molar-refractivity contribution in [2.45, 2.75) is 18.3 Å². The second-order valence-corrected chi connectivity index (χ2v) is 8.74. The summed E-state index contributed by atoms with van der Waals surface area (Å²) in [5, 5.41) is 0. The van der Waals surface area contributed by atoms with Crippen molar-refractivity contribution in [1.29, 1.82) is 0 Å². The van der Waals surface area contributed by atoms with Crippen LogP contribution in [-0.4, -0.2) is 5.78 Å². The van der Waals surface area contributed by atoms with Gasteiger partial charge in [0, 0.05) is 5.56 Å². The van der Waals surface area contributed by atoms with Gasteiger partial charge in [-0.2, -0.15) is 0 Å². The molecule has 0 heterocycles. The summed E-state index contributed by atoms with van der Waals surface area (Å²) in [6, 6.07) is 33.9. The van der Waals surface area contributed by atoms with Crippen LogP contribution in [0.4, 0.5) is 0 Å². The van der Waals surface area contributed by atoms with Crippen molar-refractivity contribution in [3.8, 4) is 0 Å². The minimum Gasteiger partial charge on any atom is -0.292 e. The fraction of sp³-hybridized carbons (Fsp3) is 0.100. The molecule has 3 aliphatic rings. The number of carbonyl (C=O) groups excluding carboxylic acids is 1. The molecule has 146 valence electrons. The summed E-state index contributed by atoms with van der Waals surface area (Å²) in [6.45, 7) is 0. The van der Waals surface area contributed by atoms with Crippen molar-refractivity contribution in [3.63, 3.8) is 0 Å². The van der Waals surface area contributed by atoms with Crippen LogP contribution in [0.3, 0.4) is 0 Å². The van der Waals surface area contributed by atoms with E-state index in [1.807, 2.05) is 18.2 Å². The second-order valence-electron chi connectivity index (χ2n) is 8.74. The van der Waals surface area contributed by atoms with E-state index in [0.29, 0.717) is 0 Å². The number of aryl methyl sites for hydroxylation is 2. The molecule has 0 bridgehead atoms. The highest BCUT2D eigenvalue weighted by Crippen LogP contribution is 2.63. The van der Waals surface area contributed by atoms with E-state index in [1.165, 1.54) is 33.4 Å². The van der Waals surface area contributed by atoms with Gasteiger partial charge < -0.3 is 0 Å². The van der Waals surface area contributed by atoms with E-state index in [4.69, 9.17) is 0 Å². The normalized spacial score (nSPS) is 20.1. The van der Waals surface area contributed by atoms with E-state index in [9.17, 15) is 4.79 Å². The van der Waals surface area contributed by atoms with Gasteiger partial charge in [0.15, 0.2) is 5.78 Å². The summed E-state index contributed by atoms with van der Waals surface area (Å²) in [7, 11) is 0. The Kier molecular flexibility index (Phi) is 3.25. The summed E-state index contributed by atoms with van der Waals surface area (Å²) < 4.78 is 0. The third-order valence-corrected chi connectivity index (χ3v) is 7.37. The van der Waals surface area contributed by atoms with Crippen molar-refractivity contribution in [2.24, 2.45) is 0 Å². The van der Waals surface area contributed by atoms with Crippen LogP contribution in [0.15, 0.2) is 97.1 Å². The van der Waals surface area contributed by atoms with E-state index < -0.39 is 5.41 Å². The largest absolute Gasteiger partial charge is 0.292 e. The lowest BCUT2D eigenvalue weighted by Crippen LogP contribution is -2.32. The van der Waals surface area contributed by atoms with Gasteiger partial charge in [0.1, 0.15) is 5.41 Å². The van der Waals surface area contributed by atoms with Crippen LogP contribution in [0.5, 0.6) is 0 Å². The molecule has 0 fully saturated rings. The standard InChI is InChI=1S/C30H20O/c31-29-24-15-7-6-14-23(24)28-27-22-13-5-4-9-19(22)17-18-20-10-8-16-25(26(20)27)30(28,29)21-11-2-1-3-12-21/h1-16H,17-18H2. The predicted molar refractivity (Wildman–Crippen MR) is 124 cm³/mol. The van der Waals surface area contributed by atoms with Crippen LogP contribution in [0.2, 0.25) is 0 Å². The Hall–Kier alpha value is -3.71. The molecule has 0 amide bonds. The maximum atomic E-state index is 14.3. The molecule has 1 atom stereocenters. The van der Waals surface area contributed by atoms with Crippen molar-refractivity contribution >= 4 is 16.9 Å². The number of ketones is 1. The van der Waals surface area contributed by atoms with Gasteiger partial charge in [-0.15, -0.1) is 0 Å². The number of hydrogen-bond donors (Lipinski definition) is 0. The van der Waals surface area contributed by atoms with Gasteiger partial charge in [0.25, 0.3) is 0 Å². The topological polar surface area (TPSA) is 17.1 Å². The molecular weight excluding hydrogens is 376 g/mol. The zero-order valence-electron chi connectivity index (χ0n) is 17.1. The second kappa shape index (κ2) is 5.92. The molecule has 3 aliphatic carbocycles. The zero-order chi connectivity index (χ0) is 20.6. The monoisotopic (exact) mass is 396 g/mol. The van der Waals surface area contributed by atoms with E-state index in [2.05, 4.69) is 78.9 Å². The zero-order valence-corrected chi connectivity index (χ0v) is 17.1. The summed E-state index contributed by atoms with van der Waals surface area (Å²) in [6.07, 6.45) is 2.02. The Morgan fingerprint density at radius 3 is 2.06 bits per heavy atom. The molecule has 0 saturated carbocycles. The SMILES string of the molecule is O=C1c2ccccc2C2=C3c4ccccc4CCc4cccc(c43)C12c1ccccc1. The Morgan fingerprint density at radius 2 is 1.23 bits per heavy atom. The number of hydrogen-bond acceptors (Lipinski definition) is 1. The third-order valence-electron chi connectivity index (χ3n) is 7.37. The number of allylic oxidation sites excluding steroid dienone is 1. The average Bonchev–Trinajstić information content (AvgIpc) is 3.21. The average molecular weight is 396 g/mol. The molecular formula is C30H20O. The third kappa shape index (κ3) is 1.95. The molecule has 1 unspecified atom stereocenters. The van der Waals surface area contributed by atoms with Gasteiger partial charge in [-0.1, -0.05) is 97.1 Å². The van der Waals surface area contributed by atoms with E-state index >= 15 is 0 Å². The van der Waals surface area contributed by atoms with Crippen molar-refractivity contribution in [1.82, 2.24) is 0 Å². The first-order chi connectivity index (χ1) is 15.3. The molecule has 4 aromatic carbocycles. The summed E-state index contributed by atoms with van der Waals surface area (Å²) in [5.41, 5.74) is 11.1. The first-order valence-electron chi connectivity index (χ1n) is 11.0. The fourth-order valence-corrected chi connectivity index (χ4v) is 6.18. The van der Waals surface area contributed by atoms with Crippen LogP contribution < -0.4 is 0 Å². The van der Waals surface area contributed by atoms with Gasteiger partial charge in [-0.05, 0) is 62.9 Å². The van der Waals surface area contributed by atoms with Gasteiger partial charge in [0.2, 0.25) is 0 Å². The Morgan fingerprint density at radius 1 is 0.581 bits per heavy atom. The predicted octanol–water partition coefficient (Wildman–Crippen LogP) is 6.24. The highest BCUT2D eigenvalue weighted by atomic mass is 16.1. The summed E-state index contributed by atoms with van der Waals surface area (Å²) >= 11 is 0. The van der Waals surface area contributed by atoms with Crippen LogP contribution >= 0.6 is 0 Å². The van der Waals surface area contributed by atoms with Gasteiger partial charge in [-0.3, -0.25) is 4.79 Å². The van der Waals surface area contributed by atoms with Gasteiger partial charge in [0.05, 0.1) is 0 Å². The van der Waals surface area contributed by atoms with E-state index in [-0.39, 0.29) is 5.78 Å². The number of rotatable bonds is 1. The number of carbonyl (C=O) groups is 1. The first kappa shape index (κ1) is 17.0. The van der Waals surface area contributed by atoms with Crippen molar-refractivity contribution in [3.05, 3.63) is 142 Å². The van der Waals surface area contributed by atoms with Crippen molar-refractivity contribution in [2.75, 3.05) is 0 Å². The minimum absolute atomic E-state index is 0.204. The molecule has 1 heteroatoms. The highest BCUT2D eigenvalue weighted by Gasteiger charge is 2.58. The van der Waals surface area contributed by atoms with Crippen molar-refractivity contribution < 1.29 is 4.79 Å². The minimum atomic E-state index is -0.768. The summed E-state index contributed by atoms with van der Waals surface area (Å²) in [5.74, 6) is 0.204. The molecule has 0 radical (unpaired) electrons. The fourth-order valence-electron chi connectivity index (χ4n) is 6.18. The molecule has 31 heavy (non-hydrogen) atoms. The van der Waals surface area contributed by atoms with Crippen LogP contribution in [0, 0.1) is 0 Å². The summed E-state index contributed by atoms with van der Waals surface area (Å²) in [4.78, 5) is 14.3. The molecule has 1 nitrogen and oxygen atoms in total. The molecule has 0 saturated heterocycles. The Balaban J connectivity index is 1.74. The molecule has 0 aliphatic heterocycles. The first-order valence-corrected chi connectivity index (χ1v) is 11.0. The van der Waals surface area contributed by atoms with Crippen LogP contribution in [0.25, 0.3) is 11.1 Å². The molecule has 4 aromatic rings. The van der Waals surface area contributed by atoms with E-state index in [1.54, 1.807) is 0 Å². The maximum Gasteiger partial charge on any atom is 0.182 e. The quantitative estimate of drug-likeness (QED) is 0.372. The van der Waals surface area contributed by atoms with Gasteiger partial charge >= 0.3 is 0 Å².